The van der Waals surface area contributed by atoms with E-state index in [4.69, 9.17) is 0 Å². The van der Waals surface area contributed by atoms with Crippen molar-refractivity contribution in [1.29, 1.82) is 0 Å². The molecule has 1 aliphatic carbocycles. The molecule has 2 amide bonds. The predicted molar refractivity (Wildman–Crippen MR) is 86.3 cm³/mol. The van der Waals surface area contributed by atoms with E-state index in [-0.39, 0.29) is 34.7 Å². The summed E-state index contributed by atoms with van der Waals surface area (Å²) in [6.45, 7) is 10.4. The van der Waals surface area contributed by atoms with E-state index >= 15 is 0 Å². The fourth-order valence-electron chi connectivity index (χ4n) is 5.34. The SMILES string of the molecule is CC1CCCCN1C(=O)C(=O)N1CC2(C)CC1CC(C)(C)C2. The molecule has 22 heavy (non-hydrogen) atoms. The monoisotopic (exact) mass is 306 g/mol. The molecule has 3 rings (SSSR count). The molecule has 0 aromatic heterocycles. The minimum atomic E-state index is -0.263. The molecule has 2 heterocycles. The summed E-state index contributed by atoms with van der Waals surface area (Å²) in [4.78, 5) is 29.2. The average molecular weight is 306 g/mol. The maximum Gasteiger partial charge on any atom is 0.312 e. The van der Waals surface area contributed by atoms with Gasteiger partial charge in [0, 0.05) is 25.2 Å². The van der Waals surface area contributed by atoms with E-state index in [2.05, 4.69) is 27.7 Å². The summed E-state index contributed by atoms with van der Waals surface area (Å²) in [6.07, 6.45) is 6.44. The number of amides is 2. The Bertz CT molecular complexity index is 487. The summed E-state index contributed by atoms with van der Waals surface area (Å²) < 4.78 is 0. The number of likely N-dealkylation sites (tertiary alicyclic amines) is 2. The number of fused-ring (bicyclic) bond motifs is 2. The number of piperidine rings is 1. The summed E-state index contributed by atoms with van der Waals surface area (Å²) in [5.41, 5.74) is 0.462. The van der Waals surface area contributed by atoms with Gasteiger partial charge in [-0.2, -0.15) is 0 Å². The largest absolute Gasteiger partial charge is 0.332 e. The molecule has 0 aromatic rings. The lowest BCUT2D eigenvalue weighted by atomic mass is 9.65. The number of carbonyl (C=O) groups excluding carboxylic acids is 2. The zero-order chi connectivity index (χ0) is 16.1. The highest BCUT2D eigenvalue weighted by Crippen LogP contribution is 2.52. The second-order valence-corrected chi connectivity index (χ2v) is 8.99. The lowest BCUT2D eigenvalue weighted by molar-refractivity contribution is -0.154. The number of hydrogen-bond acceptors (Lipinski definition) is 2. The molecule has 0 N–H and O–H groups in total. The van der Waals surface area contributed by atoms with Crippen molar-refractivity contribution in [3.8, 4) is 0 Å². The smallest absolute Gasteiger partial charge is 0.312 e. The number of hydrogen-bond donors (Lipinski definition) is 0. The third-order valence-electron chi connectivity index (χ3n) is 5.92. The zero-order valence-electron chi connectivity index (χ0n) is 14.5. The maximum absolute atomic E-state index is 12.8. The van der Waals surface area contributed by atoms with Gasteiger partial charge in [-0.1, -0.05) is 20.8 Å². The third-order valence-corrected chi connectivity index (χ3v) is 5.92. The first kappa shape index (κ1) is 15.8. The lowest BCUT2D eigenvalue weighted by Gasteiger charge is -2.39. The third kappa shape index (κ3) is 2.77. The normalized spacial score (nSPS) is 37.3. The first-order valence-corrected chi connectivity index (χ1v) is 8.82. The van der Waals surface area contributed by atoms with Gasteiger partial charge < -0.3 is 9.80 Å². The summed E-state index contributed by atoms with van der Waals surface area (Å²) in [6, 6.07) is 0.463. The first-order valence-electron chi connectivity index (χ1n) is 8.82. The van der Waals surface area contributed by atoms with E-state index in [1.807, 2.05) is 9.80 Å². The van der Waals surface area contributed by atoms with E-state index in [0.29, 0.717) is 0 Å². The van der Waals surface area contributed by atoms with Gasteiger partial charge in [0.15, 0.2) is 0 Å². The van der Waals surface area contributed by atoms with E-state index in [1.165, 1.54) is 0 Å². The molecule has 2 aliphatic heterocycles. The molecule has 0 radical (unpaired) electrons. The van der Waals surface area contributed by atoms with E-state index in [1.54, 1.807) is 0 Å². The van der Waals surface area contributed by atoms with Gasteiger partial charge >= 0.3 is 11.8 Å². The van der Waals surface area contributed by atoms with E-state index in [9.17, 15) is 9.59 Å². The quantitative estimate of drug-likeness (QED) is 0.646. The molecule has 2 bridgehead atoms. The van der Waals surface area contributed by atoms with Crippen LogP contribution >= 0.6 is 0 Å². The molecular weight excluding hydrogens is 276 g/mol. The van der Waals surface area contributed by atoms with Crippen LogP contribution in [0, 0.1) is 10.8 Å². The Morgan fingerprint density at radius 1 is 1.00 bits per heavy atom. The van der Waals surface area contributed by atoms with Crippen molar-refractivity contribution < 1.29 is 9.59 Å². The van der Waals surface area contributed by atoms with Crippen molar-refractivity contribution >= 4 is 11.8 Å². The highest BCUT2D eigenvalue weighted by molar-refractivity contribution is 6.35. The Hall–Kier alpha value is -1.06. The first-order chi connectivity index (χ1) is 10.2. The van der Waals surface area contributed by atoms with Crippen LogP contribution in [0.3, 0.4) is 0 Å². The standard InChI is InChI=1S/C18H30N2O2/c1-13-7-5-6-8-19(13)15(21)16(22)20-12-18(4)10-14(20)9-17(2,3)11-18/h13-14H,5-12H2,1-4H3. The Kier molecular flexibility index (Phi) is 3.77. The Morgan fingerprint density at radius 3 is 2.36 bits per heavy atom. The zero-order valence-corrected chi connectivity index (χ0v) is 14.5. The summed E-state index contributed by atoms with van der Waals surface area (Å²) in [5.74, 6) is -0.513. The molecule has 2 saturated heterocycles. The van der Waals surface area contributed by atoms with Gasteiger partial charge in [0.25, 0.3) is 0 Å². The molecule has 0 aromatic carbocycles. The van der Waals surface area contributed by atoms with Crippen molar-refractivity contribution in [3.63, 3.8) is 0 Å². The van der Waals surface area contributed by atoms with E-state index < -0.39 is 0 Å². The summed E-state index contributed by atoms with van der Waals surface area (Å²) in [7, 11) is 0. The van der Waals surface area contributed by atoms with Crippen LogP contribution in [-0.2, 0) is 9.59 Å². The topological polar surface area (TPSA) is 40.6 Å². The molecule has 1 saturated carbocycles. The van der Waals surface area contributed by atoms with Gasteiger partial charge in [0.05, 0.1) is 0 Å². The Morgan fingerprint density at radius 2 is 1.68 bits per heavy atom. The minimum absolute atomic E-state index is 0.190. The molecule has 124 valence electrons. The lowest BCUT2D eigenvalue weighted by Crippen LogP contribution is -2.51. The average Bonchev–Trinajstić information content (AvgIpc) is 2.67. The van der Waals surface area contributed by atoms with Crippen molar-refractivity contribution in [2.45, 2.75) is 78.3 Å². The number of nitrogens with zero attached hydrogens (tertiary/aromatic N) is 2. The van der Waals surface area contributed by atoms with Crippen LogP contribution in [0.4, 0.5) is 0 Å². The van der Waals surface area contributed by atoms with Crippen LogP contribution < -0.4 is 0 Å². The van der Waals surface area contributed by atoms with Gasteiger partial charge in [-0.3, -0.25) is 9.59 Å². The van der Waals surface area contributed by atoms with Gasteiger partial charge in [-0.05, 0) is 56.3 Å². The van der Waals surface area contributed by atoms with E-state index in [0.717, 1.165) is 51.6 Å². The number of rotatable bonds is 0. The van der Waals surface area contributed by atoms with Crippen LogP contribution in [0.5, 0.6) is 0 Å². The summed E-state index contributed by atoms with van der Waals surface area (Å²) in [5, 5.41) is 0. The van der Waals surface area contributed by atoms with Crippen molar-refractivity contribution in [3.05, 3.63) is 0 Å². The molecule has 0 spiro atoms. The molecule has 3 aliphatic rings. The van der Waals surface area contributed by atoms with Crippen LogP contribution in [-0.4, -0.2) is 46.8 Å². The second-order valence-electron chi connectivity index (χ2n) is 8.99. The second kappa shape index (κ2) is 5.24. The minimum Gasteiger partial charge on any atom is -0.332 e. The fraction of sp³-hybridized carbons (Fsp3) is 0.889. The van der Waals surface area contributed by atoms with Gasteiger partial charge in [0.2, 0.25) is 0 Å². The Balaban J connectivity index is 1.74. The summed E-state index contributed by atoms with van der Waals surface area (Å²) >= 11 is 0. The highest BCUT2D eigenvalue weighted by Gasteiger charge is 2.52. The van der Waals surface area contributed by atoms with Crippen LogP contribution in [0.25, 0.3) is 0 Å². The fourth-order valence-corrected chi connectivity index (χ4v) is 5.34. The van der Waals surface area contributed by atoms with Crippen molar-refractivity contribution in [2.24, 2.45) is 10.8 Å². The van der Waals surface area contributed by atoms with Crippen LogP contribution in [0.1, 0.15) is 66.2 Å². The Labute approximate surface area is 134 Å². The van der Waals surface area contributed by atoms with Gasteiger partial charge in [-0.25, -0.2) is 0 Å². The van der Waals surface area contributed by atoms with Crippen molar-refractivity contribution in [1.82, 2.24) is 9.80 Å². The van der Waals surface area contributed by atoms with Gasteiger partial charge in [0.1, 0.15) is 0 Å². The van der Waals surface area contributed by atoms with Crippen molar-refractivity contribution in [2.75, 3.05) is 13.1 Å². The predicted octanol–water partition coefficient (Wildman–Crippen LogP) is 2.81. The number of carbonyl (C=O) groups is 2. The van der Waals surface area contributed by atoms with Crippen LogP contribution in [0.2, 0.25) is 0 Å². The molecule has 3 unspecified atom stereocenters. The molecule has 4 nitrogen and oxygen atoms in total. The maximum atomic E-state index is 12.8. The molecular formula is C18H30N2O2. The van der Waals surface area contributed by atoms with Crippen LogP contribution in [0.15, 0.2) is 0 Å². The molecule has 4 heteroatoms. The molecule has 3 fully saturated rings. The van der Waals surface area contributed by atoms with Gasteiger partial charge in [-0.15, -0.1) is 0 Å². The highest BCUT2D eigenvalue weighted by atomic mass is 16.2. The molecule has 3 atom stereocenters.